The van der Waals surface area contributed by atoms with Crippen LogP contribution in [0.15, 0.2) is 55.0 Å². The van der Waals surface area contributed by atoms with E-state index in [-0.39, 0.29) is 5.82 Å². The highest BCUT2D eigenvalue weighted by Gasteiger charge is 2.12. The van der Waals surface area contributed by atoms with Gasteiger partial charge in [-0.05, 0) is 43.3 Å². The maximum atomic E-state index is 13.2. The zero-order valence-corrected chi connectivity index (χ0v) is 15.7. The molecule has 28 heavy (non-hydrogen) atoms. The van der Waals surface area contributed by atoms with E-state index in [4.69, 9.17) is 4.74 Å². The number of hydrogen-bond acceptors (Lipinski definition) is 5. The Morgan fingerprint density at radius 2 is 1.89 bits per heavy atom. The van der Waals surface area contributed by atoms with E-state index in [1.54, 1.807) is 37.3 Å². The molecule has 0 bridgehead atoms. The van der Waals surface area contributed by atoms with Crippen LogP contribution in [0.25, 0.3) is 17.1 Å². The van der Waals surface area contributed by atoms with Gasteiger partial charge in [0.05, 0.1) is 24.8 Å². The number of nitrogens with zero attached hydrogens (tertiary/aromatic N) is 5. The van der Waals surface area contributed by atoms with Gasteiger partial charge < -0.3 is 14.6 Å². The highest BCUT2D eigenvalue weighted by Crippen LogP contribution is 2.28. The molecule has 0 fully saturated rings. The lowest BCUT2D eigenvalue weighted by molar-refractivity contribution is 0.413. The molecule has 0 aliphatic heterocycles. The lowest BCUT2D eigenvalue weighted by Crippen LogP contribution is -1.99. The number of ether oxygens (including phenoxy) is 1. The van der Waals surface area contributed by atoms with Gasteiger partial charge in [0.2, 0.25) is 5.95 Å². The summed E-state index contributed by atoms with van der Waals surface area (Å²) in [6.07, 6.45) is 3.68. The van der Waals surface area contributed by atoms with E-state index in [0.29, 0.717) is 17.5 Å². The number of rotatable bonds is 5. The molecule has 0 spiro atoms. The van der Waals surface area contributed by atoms with E-state index in [2.05, 4.69) is 20.4 Å². The fourth-order valence-corrected chi connectivity index (χ4v) is 2.94. The fourth-order valence-electron chi connectivity index (χ4n) is 2.94. The molecular weight excluding hydrogens is 359 g/mol. The summed E-state index contributed by atoms with van der Waals surface area (Å²) in [7, 11) is 3.42. The van der Waals surface area contributed by atoms with E-state index < -0.39 is 0 Å². The van der Waals surface area contributed by atoms with Crippen molar-refractivity contribution in [3.05, 3.63) is 66.5 Å². The molecule has 0 atom stereocenters. The smallest absolute Gasteiger partial charge is 0.247 e. The molecule has 7 nitrogen and oxygen atoms in total. The van der Waals surface area contributed by atoms with Crippen LogP contribution in [0.3, 0.4) is 0 Å². The van der Waals surface area contributed by atoms with E-state index in [0.717, 1.165) is 22.6 Å². The Bertz CT molecular complexity index is 1120. The molecule has 4 aromatic rings. The number of hydrogen-bond donors (Lipinski definition) is 1. The lowest BCUT2D eigenvalue weighted by atomic mass is 10.2. The molecule has 0 saturated heterocycles. The summed E-state index contributed by atoms with van der Waals surface area (Å²) in [5.41, 5.74) is 3.38. The zero-order valence-electron chi connectivity index (χ0n) is 15.7. The van der Waals surface area contributed by atoms with Crippen molar-refractivity contribution in [2.24, 2.45) is 7.05 Å². The van der Waals surface area contributed by atoms with Crippen LogP contribution in [0.1, 0.15) is 5.69 Å². The molecule has 1 N–H and O–H groups in total. The van der Waals surface area contributed by atoms with Gasteiger partial charge in [-0.15, -0.1) is 5.10 Å². The Morgan fingerprint density at radius 3 is 2.57 bits per heavy atom. The minimum absolute atomic E-state index is 0.287. The Kier molecular flexibility index (Phi) is 4.52. The van der Waals surface area contributed by atoms with Crippen molar-refractivity contribution < 1.29 is 9.13 Å². The van der Waals surface area contributed by atoms with Gasteiger partial charge in [0.25, 0.3) is 0 Å². The van der Waals surface area contributed by atoms with Gasteiger partial charge in [-0.2, -0.15) is 4.98 Å². The first-order valence-electron chi connectivity index (χ1n) is 8.66. The van der Waals surface area contributed by atoms with Crippen LogP contribution in [0.5, 0.6) is 5.75 Å². The molecule has 0 aliphatic rings. The Balaban J connectivity index is 1.61. The van der Waals surface area contributed by atoms with E-state index >= 15 is 0 Å². The molecule has 0 amide bonds. The van der Waals surface area contributed by atoms with E-state index in [9.17, 15) is 4.39 Å². The van der Waals surface area contributed by atoms with E-state index in [1.165, 1.54) is 12.1 Å². The average Bonchev–Trinajstić information content (AvgIpc) is 3.28. The number of aromatic nitrogens is 5. The topological polar surface area (TPSA) is 69.8 Å². The first-order valence-corrected chi connectivity index (χ1v) is 8.66. The third-order valence-electron chi connectivity index (χ3n) is 4.29. The molecule has 4 rings (SSSR count). The van der Waals surface area contributed by atoms with Crippen LogP contribution in [0.4, 0.5) is 16.0 Å². The van der Waals surface area contributed by atoms with Crippen molar-refractivity contribution in [2.75, 3.05) is 12.4 Å². The highest BCUT2D eigenvalue weighted by atomic mass is 19.1. The largest absolute Gasteiger partial charge is 0.494 e. The minimum Gasteiger partial charge on any atom is -0.494 e. The van der Waals surface area contributed by atoms with Gasteiger partial charge in [0.1, 0.15) is 11.6 Å². The number of nitrogens with one attached hydrogen (secondary N) is 1. The molecule has 0 radical (unpaired) electrons. The quantitative estimate of drug-likeness (QED) is 0.571. The predicted octanol–water partition coefficient (Wildman–Crippen LogP) is 3.87. The summed E-state index contributed by atoms with van der Waals surface area (Å²) in [4.78, 5) is 8.76. The van der Waals surface area contributed by atoms with Gasteiger partial charge in [-0.1, -0.05) is 0 Å². The van der Waals surface area contributed by atoms with Crippen LogP contribution >= 0.6 is 0 Å². The molecule has 0 aliphatic carbocycles. The number of methoxy groups -OCH3 is 1. The maximum Gasteiger partial charge on any atom is 0.247 e. The van der Waals surface area contributed by atoms with Gasteiger partial charge in [0.15, 0.2) is 5.82 Å². The third-order valence-corrected chi connectivity index (χ3v) is 4.29. The van der Waals surface area contributed by atoms with Gasteiger partial charge in [-0.25, -0.2) is 14.1 Å². The van der Waals surface area contributed by atoms with Crippen molar-refractivity contribution >= 4 is 11.6 Å². The SMILES string of the molecule is COc1cc(Nc2nc(-c3ccc(F)cc3)n(C)n2)ccc1-n1cnc(C)c1. The summed E-state index contributed by atoms with van der Waals surface area (Å²) in [5, 5.41) is 7.57. The molecule has 8 heteroatoms. The monoisotopic (exact) mass is 378 g/mol. The number of imidazole rings is 1. The van der Waals surface area contributed by atoms with Crippen LogP contribution < -0.4 is 10.1 Å². The normalized spacial score (nSPS) is 10.9. The fraction of sp³-hybridized carbons (Fsp3) is 0.150. The number of halogens is 1. The minimum atomic E-state index is -0.287. The molecule has 0 saturated carbocycles. The van der Waals surface area contributed by atoms with Crippen LogP contribution in [-0.4, -0.2) is 31.4 Å². The van der Waals surface area contributed by atoms with Crippen molar-refractivity contribution in [1.29, 1.82) is 0 Å². The molecule has 2 heterocycles. The zero-order chi connectivity index (χ0) is 19.7. The van der Waals surface area contributed by atoms with Crippen molar-refractivity contribution in [3.8, 4) is 22.8 Å². The van der Waals surface area contributed by atoms with Crippen LogP contribution in [0.2, 0.25) is 0 Å². The summed E-state index contributed by atoms with van der Waals surface area (Å²) in [6.45, 7) is 1.93. The molecular formula is C20H19FN6O. The second-order valence-corrected chi connectivity index (χ2v) is 6.32. The number of benzene rings is 2. The third kappa shape index (κ3) is 3.44. The predicted molar refractivity (Wildman–Crippen MR) is 105 cm³/mol. The second-order valence-electron chi connectivity index (χ2n) is 6.32. The first kappa shape index (κ1) is 17.7. The molecule has 142 valence electrons. The molecule has 2 aromatic heterocycles. The lowest BCUT2D eigenvalue weighted by Gasteiger charge is -2.11. The van der Waals surface area contributed by atoms with Gasteiger partial charge in [-0.3, -0.25) is 0 Å². The highest BCUT2D eigenvalue weighted by molar-refractivity contribution is 5.64. The van der Waals surface area contributed by atoms with Gasteiger partial charge in [0, 0.05) is 30.6 Å². The average molecular weight is 378 g/mol. The standard InChI is InChI=1S/C20H19FN6O/c1-13-11-27(12-22-13)17-9-8-16(10-18(17)28-3)23-20-24-19(26(2)25-20)14-4-6-15(21)7-5-14/h4-12H,1-3H3,(H,23,25). The summed E-state index contributed by atoms with van der Waals surface area (Å²) in [6, 6.07) is 11.9. The summed E-state index contributed by atoms with van der Waals surface area (Å²) in [5.74, 6) is 1.48. The maximum absolute atomic E-state index is 13.2. The van der Waals surface area contributed by atoms with E-state index in [1.807, 2.05) is 35.9 Å². The number of anilines is 2. The van der Waals surface area contributed by atoms with Crippen molar-refractivity contribution in [3.63, 3.8) is 0 Å². The van der Waals surface area contributed by atoms with Crippen LogP contribution in [0, 0.1) is 12.7 Å². The summed E-state index contributed by atoms with van der Waals surface area (Å²) >= 11 is 0. The Morgan fingerprint density at radius 1 is 1.11 bits per heavy atom. The number of aryl methyl sites for hydroxylation is 2. The first-order chi connectivity index (χ1) is 13.5. The summed E-state index contributed by atoms with van der Waals surface area (Å²) < 4.78 is 22.2. The molecule has 0 unspecified atom stereocenters. The van der Waals surface area contributed by atoms with Crippen LogP contribution in [-0.2, 0) is 7.05 Å². The van der Waals surface area contributed by atoms with Crippen molar-refractivity contribution in [2.45, 2.75) is 6.92 Å². The second kappa shape index (κ2) is 7.15. The van der Waals surface area contributed by atoms with Crippen molar-refractivity contribution in [1.82, 2.24) is 24.3 Å². The van der Waals surface area contributed by atoms with Gasteiger partial charge >= 0.3 is 0 Å². The Labute approximate surface area is 161 Å². The Hall–Kier alpha value is -3.68. The molecule has 2 aromatic carbocycles.